The third-order valence-corrected chi connectivity index (χ3v) is 5.18. The quantitative estimate of drug-likeness (QED) is 0.288. The molecule has 1 aliphatic rings. The van der Waals surface area contributed by atoms with E-state index in [4.69, 9.17) is 16.3 Å². The number of guanidine groups is 1. The highest BCUT2D eigenvalue weighted by Gasteiger charge is 2.24. The van der Waals surface area contributed by atoms with Crippen LogP contribution in [0.3, 0.4) is 0 Å². The van der Waals surface area contributed by atoms with Gasteiger partial charge in [-0.15, -0.1) is 24.0 Å². The highest BCUT2D eigenvalue weighted by atomic mass is 127. The Balaban J connectivity index is 0.00000264. The van der Waals surface area contributed by atoms with E-state index >= 15 is 0 Å². The maximum absolute atomic E-state index is 6.05. The van der Waals surface area contributed by atoms with Gasteiger partial charge >= 0.3 is 0 Å². The molecule has 2 atom stereocenters. The molecule has 0 amide bonds. The predicted molar refractivity (Wildman–Crippen MR) is 112 cm³/mol. The lowest BCUT2D eigenvalue weighted by atomic mass is 10.2. The van der Waals surface area contributed by atoms with Gasteiger partial charge in [0, 0.05) is 18.3 Å². The van der Waals surface area contributed by atoms with Gasteiger partial charge in [0.25, 0.3) is 0 Å². The molecule has 23 heavy (non-hydrogen) atoms. The Labute approximate surface area is 165 Å². The van der Waals surface area contributed by atoms with Gasteiger partial charge in [-0.05, 0) is 37.7 Å². The van der Waals surface area contributed by atoms with Crippen LogP contribution in [-0.4, -0.2) is 43.7 Å². The summed E-state index contributed by atoms with van der Waals surface area (Å²) in [5, 5.41) is 8.18. The van der Waals surface area contributed by atoms with E-state index in [2.05, 4.69) is 21.9 Å². The molecule has 0 spiro atoms. The first-order valence-corrected chi connectivity index (χ1v) is 9.26. The minimum Gasteiger partial charge on any atom is -0.490 e. The minimum absolute atomic E-state index is 0. The molecule has 130 valence electrons. The van der Waals surface area contributed by atoms with Crippen molar-refractivity contribution in [3.05, 3.63) is 29.3 Å². The number of hydrogen-bond donors (Lipinski definition) is 2. The summed E-state index contributed by atoms with van der Waals surface area (Å²) in [6.45, 7) is 1.23. The van der Waals surface area contributed by atoms with Crippen molar-refractivity contribution in [1.82, 2.24) is 10.6 Å². The molecule has 1 aromatic carbocycles. The van der Waals surface area contributed by atoms with Gasteiger partial charge in [-0.2, -0.15) is 11.8 Å². The summed E-state index contributed by atoms with van der Waals surface area (Å²) in [6.07, 6.45) is 5.89. The van der Waals surface area contributed by atoms with Crippen LogP contribution in [0.2, 0.25) is 5.02 Å². The molecule has 1 aliphatic carbocycles. The number of nitrogens with zero attached hydrogens (tertiary/aromatic N) is 1. The summed E-state index contributed by atoms with van der Waals surface area (Å²) in [6, 6.07) is 8.02. The van der Waals surface area contributed by atoms with E-state index in [0.717, 1.165) is 11.2 Å². The van der Waals surface area contributed by atoms with Crippen LogP contribution in [0.4, 0.5) is 0 Å². The molecule has 0 saturated heterocycles. The Hall–Kier alpha value is -0.340. The van der Waals surface area contributed by atoms with E-state index in [1.54, 1.807) is 7.05 Å². The molecule has 7 heteroatoms. The fourth-order valence-corrected chi connectivity index (χ4v) is 3.55. The SMILES string of the molecule is CN=C(NCCOc1ccccc1Cl)NC1CCC(SC)C1.I. The van der Waals surface area contributed by atoms with E-state index in [1.807, 2.05) is 36.0 Å². The molecule has 0 aliphatic heterocycles. The average molecular weight is 470 g/mol. The molecule has 0 bridgehead atoms. The standard InChI is InChI=1S/C16H24ClN3OS.HI/c1-18-16(20-12-7-8-13(11-12)22-2)19-9-10-21-15-6-4-3-5-14(15)17;/h3-6,12-13H,7-11H2,1-2H3,(H2,18,19,20);1H. The molecular weight excluding hydrogens is 445 g/mol. The number of nitrogens with one attached hydrogen (secondary N) is 2. The molecule has 2 rings (SSSR count). The normalized spacial score (nSPS) is 20.7. The van der Waals surface area contributed by atoms with Gasteiger partial charge in [-0.1, -0.05) is 23.7 Å². The van der Waals surface area contributed by atoms with Crippen molar-refractivity contribution in [2.75, 3.05) is 26.5 Å². The van der Waals surface area contributed by atoms with Crippen molar-refractivity contribution in [3.8, 4) is 5.75 Å². The van der Waals surface area contributed by atoms with Crippen LogP contribution in [0.5, 0.6) is 5.75 Å². The monoisotopic (exact) mass is 469 g/mol. The van der Waals surface area contributed by atoms with Crippen molar-refractivity contribution < 1.29 is 4.74 Å². The van der Waals surface area contributed by atoms with Crippen LogP contribution in [-0.2, 0) is 0 Å². The number of para-hydroxylation sites is 1. The second-order valence-electron chi connectivity index (χ2n) is 5.29. The molecule has 1 saturated carbocycles. The van der Waals surface area contributed by atoms with E-state index in [1.165, 1.54) is 19.3 Å². The summed E-state index contributed by atoms with van der Waals surface area (Å²) in [7, 11) is 1.80. The first kappa shape index (κ1) is 20.7. The van der Waals surface area contributed by atoms with Crippen LogP contribution in [0.25, 0.3) is 0 Å². The summed E-state index contributed by atoms with van der Waals surface area (Å²) < 4.78 is 5.66. The zero-order chi connectivity index (χ0) is 15.8. The number of rotatable bonds is 6. The maximum Gasteiger partial charge on any atom is 0.191 e. The maximum atomic E-state index is 6.05. The summed E-state index contributed by atoms with van der Waals surface area (Å²) in [5.41, 5.74) is 0. The van der Waals surface area contributed by atoms with Gasteiger partial charge in [0.2, 0.25) is 0 Å². The second kappa shape index (κ2) is 11.3. The summed E-state index contributed by atoms with van der Waals surface area (Å²) in [5.74, 6) is 1.56. The number of ether oxygens (including phenoxy) is 1. The van der Waals surface area contributed by atoms with Gasteiger partial charge in [0.05, 0.1) is 11.6 Å². The van der Waals surface area contributed by atoms with E-state index in [0.29, 0.717) is 30.0 Å². The number of aliphatic imine (C=N–C) groups is 1. The molecule has 0 aromatic heterocycles. The summed E-state index contributed by atoms with van der Waals surface area (Å²) >= 11 is 8.01. The zero-order valence-corrected chi connectivity index (χ0v) is 17.5. The van der Waals surface area contributed by atoms with Crippen LogP contribution in [0, 0.1) is 0 Å². The molecule has 2 N–H and O–H groups in total. The van der Waals surface area contributed by atoms with Crippen molar-refractivity contribution in [2.45, 2.75) is 30.6 Å². The zero-order valence-electron chi connectivity index (χ0n) is 13.5. The Morgan fingerprint density at radius 3 is 2.83 bits per heavy atom. The third kappa shape index (κ3) is 6.97. The summed E-state index contributed by atoms with van der Waals surface area (Å²) in [4.78, 5) is 4.27. The van der Waals surface area contributed by atoms with E-state index in [9.17, 15) is 0 Å². The molecule has 0 radical (unpaired) electrons. The topological polar surface area (TPSA) is 45.7 Å². The second-order valence-corrected chi connectivity index (χ2v) is 6.84. The number of halogens is 2. The van der Waals surface area contributed by atoms with E-state index in [-0.39, 0.29) is 24.0 Å². The van der Waals surface area contributed by atoms with Crippen LogP contribution in [0.15, 0.2) is 29.3 Å². The number of thioether (sulfide) groups is 1. The first-order valence-electron chi connectivity index (χ1n) is 7.60. The Morgan fingerprint density at radius 2 is 2.17 bits per heavy atom. The Bertz CT molecular complexity index is 504. The highest BCUT2D eigenvalue weighted by Crippen LogP contribution is 2.28. The molecular formula is C16H25ClIN3OS. The fourth-order valence-electron chi connectivity index (χ4n) is 2.57. The van der Waals surface area contributed by atoms with Crippen molar-refractivity contribution in [1.29, 1.82) is 0 Å². The third-order valence-electron chi connectivity index (χ3n) is 3.77. The lowest BCUT2D eigenvalue weighted by Crippen LogP contribution is -2.43. The predicted octanol–water partition coefficient (Wildman–Crippen LogP) is 3.79. The van der Waals surface area contributed by atoms with Crippen LogP contribution < -0.4 is 15.4 Å². The van der Waals surface area contributed by atoms with Crippen LogP contribution in [0.1, 0.15) is 19.3 Å². The highest BCUT2D eigenvalue weighted by molar-refractivity contribution is 14.0. The number of benzene rings is 1. The molecule has 0 heterocycles. The molecule has 4 nitrogen and oxygen atoms in total. The average Bonchev–Trinajstić information content (AvgIpc) is 2.99. The lowest BCUT2D eigenvalue weighted by molar-refractivity contribution is 0.322. The van der Waals surface area contributed by atoms with E-state index < -0.39 is 0 Å². The molecule has 2 unspecified atom stereocenters. The van der Waals surface area contributed by atoms with Crippen LogP contribution >= 0.6 is 47.3 Å². The van der Waals surface area contributed by atoms with Crippen molar-refractivity contribution in [2.24, 2.45) is 4.99 Å². The Kier molecular flexibility index (Phi) is 10.1. The number of hydrogen-bond acceptors (Lipinski definition) is 3. The van der Waals surface area contributed by atoms with Gasteiger partial charge in [-0.25, -0.2) is 0 Å². The Morgan fingerprint density at radius 1 is 1.39 bits per heavy atom. The molecule has 1 aromatic rings. The first-order chi connectivity index (χ1) is 10.7. The largest absolute Gasteiger partial charge is 0.490 e. The van der Waals surface area contributed by atoms with Gasteiger partial charge in [0.15, 0.2) is 5.96 Å². The van der Waals surface area contributed by atoms with Gasteiger partial charge in [-0.3, -0.25) is 4.99 Å². The smallest absolute Gasteiger partial charge is 0.191 e. The van der Waals surface area contributed by atoms with Crippen molar-refractivity contribution in [3.63, 3.8) is 0 Å². The fraction of sp³-hybridized carbons (Fsp3) is 0.562. The minimum atomic E-state index is 0. The van der Waals surface area contributed by atoms with Crippen molar-refractivity contribution >= 4 is 53.3 Å². The van der Waals surface area contributed by atoms with Gasteiger partial charge < -0.3 is 15.4 Å². The molecule has 1 fully saturated rings. The lowest BCUT2D eigenvalue weighted by Gasteiger charge is -2.17. The van der Waals surface area contributed by atoms with Gasteiger partial charge in [0.1, 0.15) is 12.4 Å².